The molecule has 1 atom stereocenters. The zero-order valence-corrected chi connectivity index (χ0v) is 8.29. The van der Waals surface area contributed by atoms with E-state index in [0.29, 0.717) is 0 Å². The van der Waals surface area contributed by atoms with E-state index in [4.69, 9.17) is 0 Å². The highest BCUT2D eigenvalue weighted by molar-refractivity contribution is 4.75. The van der Waals surface area contributed by atoms with Crippen molar-refractivity contribution in [3.8, 4) is 0 Å². The minimum Gasteiger partial charge on any atom is -0.392 e. The van der Waals surface area contributed by atoms with Gasteiger partial charge in [-0.1, -0.05) is 26.7 Å². The van der Waals surface area contributed by atoms with Gasteiger partial charge in [0.05, 0.1) is 6.10 Å². The normalized spacial score (nSPS) is 25.5. The zero-order chi connectivity index (χ0) is 8.97. The van der Waals surface area contributed by atoms with Crippen LogP contribution < -0.4 is 0 Å². The summed E-state index contributed by atoms with van der Waals surface area (Å²) in [6, 6.07) is 0. The number of aliphatic hydroxyl groups excluding tert-OH is 1. The van der Waals surface area contributed by atoms with Gasteiger partial charge in [0.2, 0.25) is 0 Å². The van der Waals surface area contributed by atoms with E-state index in [-0.39, 0.29) is 6.10 Å². The van der Waals surface area contributed by atoms with Gasteiger partial charge in [0.25, 0.3) is 0 Å². The monoisotopic (exact) mass is 171 g/mol. The molecule has 0 aromatic heterocycles. The lowest BCUT2D eigenvalue weighted by Crippen LogP contribution is -2.27. The van der Waals surface area contributed by atoms with Crippen LogP contribution in [0.4, 0.5) is 0 Å². The van der Waals surface area contributed by atoms with E-state index in [1.54, 1.807) is 0 Å². The maximum absolute atomic E-state index is 9.32. The molecular weight excluding hydrogens is 150 g/mol. The molecule has 2 nitrogen and oxygen atoms in total. The first-order valence-electron chi connectivity index (χ1n) is 5.16. The van der Waals surface area contributed by atoms with Gasteiger partial charge in [-0.2, -0.15) is 0 Å². The van der Waals surface area contributed by atoms with Crippen LogP contribution in [0.1, 0.15) is 33.1 Å². The molecule has 1 N–H and O–H groups in total. The molecule has 0 spiro atoms. The minimum atomic E-state index is -0.0561. The van der Waals surface area contributed by atoms with E-state index < -0.39 is 0 Å². The van der Waals surface area contributed by atoms with Crippen LogP contribution in [0.25, 0.3) is 0 Å². The number of aliphatic hydroxyl groups is 1. The third-order valence-electron chi connectivity index (χ3n) is 2.92. The Balaban J connectivity index is 2.21. The lowest BCUT2D eigenvalue weighted by Gasteiger charge is -2.20. The van der Waals surface area contributed by atoms with Gasteiger partial charge in [0.1, 0.15) is 0 Å². The lowest BCUT2D eigenvalue weighted by atomic mass is 10.0. The molecule has 1 rings (SSSR count). The molecule has 0 bridgehead atoms. The molecule has 0 amide bonds. The summed E-state index contributed by atoms with van der Waals surface area (Å²) in [5.74, 6) is 0.829. The predicted molar refractivity (Wildman–Crippen MR) is 51.1 cm³/mol. The quantitative estimate of drug-likeness (QED) is 0.692. The second kappa shape index (κ2) is 4.83. The third kappa shape index (κ3) is 2.76. The van der Waals surface area contributed by atoms with Crippen LogP contribution in [0, 0.1) is 5.92 Å². The Bertz CT molecular complexity index is 123. The summed E-state index contributed by atoms with van der Waals surface area (Å²) in [5, 5.41) is 9.32. The van der Waals surface area contributed by atoms with Crippen molar-refractivity contribution in [3.05, 3.63) is 0 Å². The lowest BCUT2D eigenvalue weighted by molar-refractivity contribution is 0.168. The van der Waals surface area contributed by atoms with Crippen LogP contribution in [0.3, 0.4) is 0 Å². The summed E-state index contributed by atoms with van der Waals surface area (Å²) >= 11 is 0. The van der Waals surface area contributed by atoms with Crippen molar-refractivity contribution in [1.29, 1.82) is 0 Å². The predicted octanol–water partition coefficient (Wildman–Crippen LogP) is 1.49. The molecule has 0 aromatic carbocycles. The van der Waals surface area contributed by atoms with Crippen LogP contribution >= 0.6 is 0 Å². The van der Waals surface area contributed by atoms with Gasteiger partial charge in [-0.25, -0.2) is 0 Å². The average molecular weight is 171 g/mol. The molecule has 1 saturated heterocycles. The molecular formula is C10H21NO. The van der Waals surface area contributed by atoms with Crippen molar-refractivity contribution in [2.24, 2.45) is 5.92 Å². The van der Waals surface area contributed by atoms with Crippen molar-refractivity contribution in [2.45, 2.75) is 39.2 Å². The highest BCUT2D eigenvalue weighted by Crippen LogP contribution is 2.15. The second-order valence-electron chi connectivity index (χ2n) is 3.88. The highest BCUT2D eigenvalue weighted by Gasteiger charge is 2.21. The van der Waals surface area contributed by atoms with Crippen molar-refractivity contribution >= 4 is 0 Å². The molecule has 0 aliphatic carbocycles. The Kier molecular flexibility index (Phi) is 4.02. The van der Waals surface area contributed by atoms with Crippen LogP contribution in [0.2, 0.25) is 0 Å². The number of hydrogen-bond acceptors (Lipinski definition) is 2. The number of likely N-dealkylation sites (tertiary alicyclic amines) is 1. The van der Waals surface area contributed by atoms with Gasteiger partial charge in [-0.15, -0.1) is 0 Å². The standard InChI is InChI=1S/C10H21NO/c1-3-9(4-2)7-11-6-5-10(12)8-11/h9-10,12H,3-8H2,1-2H3/t10-/m0/s1. The van der Waals surface area contributed by atoms with Gasteiger partial charge >= 0.3 is 0 Å². The SMILES string of the molecule is CCC(CC)CN1CC[C@H](O)C1. The highest BCUT2D eigenvalue weighted by atomic mass is 16.3. The summed E-state index contributed by atoms with van der Waals surface area (Å²) in [4.78, 5) is 2.39. The zero-order valence-electron chi connectivity index (χ0n) is 8.29. The molecule has 12 heavy (non-hydrogen) atoms. The van der Waals surface area contributed by atoms with Gasteiger partial charge in [0, 0.05) is 19.6 Å². The second-order valence-corrected chi connectivity index (χ2v) is 3.88. The summed E-state index contributed by atoms with van der Waals surface area (Å²) in [6.07, 6.45) is 3.45. The van der Waals surface area contributed by atoms with E-state index in [1.165, 1.54) is 19.4 Å². The first-order valence-corrected chi connectivity index (χ1v) is 5.16. The fraction of sp³-hybridized carbons (Fsp3) is 1.00. The first-order chi connectivity index (χ1) is 5.76. The molecule has 2 heteroatoms. The molecule has 0 unspecified atom stereocenters. The number of hydrogen-bond donors (Lipinski definition) is 1. The van der Waals surface area contributed by atoms with Crippen molar-refractivity contribution < 1.29 is 5.11 Å². The smallest absolute Gasteiger partial charge is 0.0679 e. The first kappa shape index (κ1) is 10.0. The molecule has 72 valence electrons. The molecule has 0 radical (unpaired) electrons. The summed E-state index contributed by atoms with van der Waals surface area (Å²) < 4.78 is 0. The van der Waals surface area contributed by atoms with Crippen LogP contribution in [-0.2, 0) is 0 Å². The largest absolute Gasteiger partial charge is 0.392 e. The van der Waals surface area contributed by atoms with E-state index in [9.17, 15) is 5.11 Å². The van der Waals surface area contributed by atoms with Gasteiger partial charge in [-0.3, -0.25) is 0 Å². The Morgan fingerprint density at radius 1 is 1.42 bits per heavy atom. The maximum atomic E-state index is 9.32. The Morgan fingerprint density at radius 2 is 2.08 bits per heavy atom. The van der Waals surface area contributed by atoms with Crippen LogP contribution in [0.5, 0.6) is 0 Å². The van der Waals surface area contributed by atoms with Crippen LogP contribution in [0.15, 0.2) is 0 Å². The minimum absolute atomic E-state index is 0.0561. The van der Waals surface area contributed by atoms with Crippen molar-refractivity contribution in [2.75, 3.05) is 19.6 Å². The maximum Gasteiger partial charge on any atom is 0.0679 e. The van der Waals surface area contributed by atoms with E-state index >= 15 is 0 Å². The topological polar surface area (TPSA) is 23.5 Å². The summed E-state index contributed by atoms with van der Waals surface area (Å²) in [6.45, 7) is 7.68. The van der Waals surface area contributed by atoms with Gasteiger partial charge < -0.3 is 10.0 Å². The molecule has 0 aromatic rings. The Hall–Kier alpha value is -0.0800. The average Bonchev–Trinajstić information content (AvgIpc) is 2.47. The molecule has 0 saturated carbocycles. The molecule has 1 aliphatic heterocycles. The molecule has 1 heterocycles. The van der Waals surface area contributed by atoms with E-state index in [2.05, 4.69) is 18.7 Å². The fourth-order valence-corrected chi connectivity index (χ4v) is 1.89. The molecule has 1 aliphatic rings. The number of rotatable bonds is 4. The van der Waals surface area contributed by atoms with Gasteiger partial charge in [0.15, 0.2) is 0 Å². The van der Waals surface area contributed by atoms with Crippen molar-refractivity contribution in [3.63, 3.8) is 0 Å². The number of β-amino-alcohol motifs (C(OH)–C–C–N with tert-alkyl or cyclic N) is 1. The summed E-state index contributed by atoms with van der Waals surface area (Å²) in [5.41, 5.74) is 0. The third-order valence-corrected chi connectivity index (χ3v) is 2.92. The Labute approximate surface area is 75.6 Å². The van der Waals surface area contributed by atoms with E-state index in [0.717, 1.165) is 25.4 Å². The van der Waals surface area contributed by atoms with Crippen LogP contribution in [-0.4, -0.2) is 35.7 Å². The van der Waals surface area contributed by atoms with Gasteiger partial charge in [-0.05, 0) is 12.3 Å². The summed E-state index contributed by atoms with van der Waals surface area (Å²) in [7, 11) is 0. The fourth-order valence-electron chi connectivity index (χ4n) is 1.89. The van der Waals surface area contributed by atoms with Crippen molar-refractivity contribution in [1.82, 2.24) is 4.90 Å². The number of nitrogens with zero attached hydrogens (tertiary/aromatic N) is 1. The Morgan fingerprint density at radius 3 is 2.50 bits per heavy atom. The molecule has 1 fully saturated rings. The van der Waals surface area contributed by atoms with E-state index in [1.807, 2.05) is 0 Å².